The highest BCUT2D eigenvalue weighted by Crippen LogP contribution is 2.29. The minimum Gasteiger partial charge on any atom is -0.481 e. The molecule has 0 aromatic carbocycles. The normalized spacial score (nSPS) is 22.0. The molecule has 3 N–H and O–H groups in total. The standard InChI is InChI=1S/C14H21N3O4/c1-9-6-12(17-21-9)16-13(18)8-15-7-10-4-2-3-5-11(10)14(19)20/h6,10-11,15H,2-5,7-8H2,1H3,(H,19,20)(H,16,17,18). The van der Waals surface area contributed by atoms with Gasteiger partial charge >= 0.3 is 5.97 Å². The Hall–Kier alpha value is -1.89. The summed E-state index contributed by atoms with van der Waals surface area (Å²) in [4.78, 5) is 22.9. The Labute approximate surface area is 123 Å². The molecular weight excluding hydrogens is 274 g/mol. The third kappa shape index (κ3) is 4.56. The third-order valence-electron chi connectivity index (χ3n) is 3.81. The van der Waals surface area contributed by atoms with Gasteiger partial charge in [0.05, 0.1) is 12.5 Å². The molecule has 0 saturated heterocycles. The lowest BCUT2D eigenvalue weighted by Gasteiger charge is -2.28. The first-order chi connectivity index (χ1) is 10.1. The van der Waals surface area contributed by atoms with Gasteiger partial charge in [-0.1, -0.05) is 18.0 Å². The highest BCUT2D eigenvalue weighted by atomic mass is 16.5. The van der Waals surface area contributed by atoms with E-state index in [1.54, 1.807) is 13.0 Å². The van der Waals surface area contributed by atoms with Crippen LogP contribution in [-0.4, -0.2) is 35.2 Å². The molecule has 2 unspecified atom stereocenters. The highest BCUT2D eigenvalue weighted by molar-refractivity contribution is 5.91. The summed E-state index contributed by atoms with van der Waals surface area (Å²) in [6.07, 6.45) is 3.65. The van der Waals surface area contributed by atoms with E-state index in [0.29, 0.717) is 18.1 Å². The van der Waals surface area contributed by atoms with Crippen molar-refractivity contribution in [3.63, 3.8) is 0 Å². The van der Waals surface area contributed by atoms with E-state index in [0.717, 1.165) is 25.7 Å². The molecule has 1 heterocycles. The van der Waals surface area contributed by atoms with Gasteiger partial charge in [0.1, 0.15) is 5.76 Å². The number of hydrogen-bond donors (Lipinski definition) is 3. The molecule has 1 aliphatic carbocycles. The molecule has 116 valence electrons. The zero-order valence-corrected chi connectivity index (χ0v) is 12.1. The first-order valence-electron chi connectivity index (χ1n) is 7.23. The van der Waals surface area contributed by atoms with Crippen LogP contribution in [0.1, 0.15) is 31.4 Å². The Balaban J connectivity index is 1.72. The quantitative estimate of drug-likeness (QED) is 0.733. The monoisotopic (exact) mass is 295 g/mol. The van der Waals surface area contributed by atoms with Crippen LogP contribution in [-0.2, 0) is 9.59 Å². The van der Waals surface area contributed by atoms with Crippen molar-refractivity contribution < 1.29 is 19.2 Å². The Morgan fingerprint density at radius 1 is 1.43 bits per heavy atom. The number of aromatic nitrogens is 1. The molecule has 7 nitrogen and oxygen atoms in total. The number of hydrogen-bond acceptors (Lipinski definition) is 5. The van der Waals surface area contributed by atoms with Crippen LogP contribution < -0.4 is 10.6 Å². The molecule has 0 aliphatic heterocycles. The molecule has 21 heavy (non-hydrogen) atoms. The lowest BCUT2D eigenvalue weighted by atomic mass is 9.79. The predicted octanol–water partition coefficient (Wildman–Crippen LogP) is 1.40. The molecule has 1 amide bonds. The topological polar surface area (TPSA) is 104 Å². The van der Waals surface area contributed by atoms with Crippen LogP contribution in [0.15, 0.2) is 10.6 Å². The number of carboxylic acid groups (broad SMARTS) is 1. The number of amides is 1. The minimum absolute atomic E-state index is 0.0957. The summed E-state index contributed by atoms with van der Waals surface area (Å²) in [5, 5.41) is 18.5. The SMILES string of the molecule is Cc1cc(NC(=O)CNCC2CCCCC2C(=O)O)no1. The number of nitrogens with zero attached hydrogens (tertiary/aromatic N) is 1. The fourth-order valence-corrected chi connectivity index (χ4v) is 2.76. The fraction of sp³-hybridized carbons (Fsp3) is 0.643. The summed E-state index contributed by atoms with van der Waals surface area (Å²) in [6, 6.07) is 1.64. The van der Waals surface area contributed by atoms with Gasteiger partial charge in [-0.2, -0.15) is 0 Å². The number of rotatable bonds is 6. The molecular formula is C14H21N3O4. The van der Waals surface area contributed by atoms with Gasteiger partial charge < -0.3 is 20.3 Å². The summed E-state index contributed by atoms with van der Waals surface area (Å²) in [6.45, 7) is 2.42. The van der Waals surface area contributed by atoms with Crippen molar-refractivity contribution in [2.75, 3.05) is 18.4 Å². The van der Waals surface area contributed by atoms with Crippen LogP contribution >= 0.6 is 0 Å². The number of carbonyl (C=O) groups excluding carboxylic acids is 1. The Bertz CT molecular complexity index is 500. The number of nitrogens with one attached hydrogen (secondary N) is 2. The van der Waals surface area contributed by atoms with Crippen LogP contribution in [0, 0.1) is 18.8 Å². The van der Waals surface area contributed by atoms with E-state index in [1.165, 1.54) is 0 Å². The number of aliphatic carboxylic acids is 1. The van der Waals surface area contributed by atoms with E-state index >= 15 is 0 Å². The van der Waals surface area contributed by atoms with Crippen LogP contribution in [0.4, 0.5) is 5.82 Å². The molecule has 7 heteroatoms. The molecule has 2 rings (SSSR count). The molecule has 1 fully saturated rings. The molecule has 1 saturated carbocycles. The first kappa shape index (κ1) is 15.5. The van der Waals surface area contributed by atoms with Crippen molar-refractivity contribution in [1.29, 1.82) is 0 Å². The van der Waals surface area contributed by atoms with Crippen LogP contribution in [0.3, 0.4) is 0 Å². The average molecular weight is 295 g/mol. The van der Waals surface area contributed by atoms with Gasteiger partial charge in [-0.3, -0.25) is 9.59 Å². The maximum absolute atomic E-state index is 11.7. The maximum Gasteiger partial charge on any atom is 0.306 e. The summed E-state index contributed by atoms with van der Waals surface area (Å²) >= 11 is 0. The lowest BCUT2D eigenvalue weighted by Crippen LogP contribution is -2.37. The van der Waals surface area contributed by atoms with Crippen LogP contribution in [0.5, 0.6) is 0 Å². The Morgan fingerprint density at radius 3 is 2.86 bits per heavy atom. The van der Waals surface area contributed by atoms with Gasteiger partial charge in [0.2, 0.25) is 5.91 Å². The molecule has 0 bridgehead atoms. The second-order valence-corrected chi connectivity index (χ2v) is 5.49. The van der Waals surface area contributed by atoms with E-state index in [1.807, 2.05) is 0 Å². The van der Waals surface area contributed by atoms with E-state index < -0.39 is 5.97 Å². The maximum atomic E-state index is 11.7. The Morgan fingerprint density at radius 2 is 2.19 bits per heavy atom. The molecule has 1 aliphatic rings. The van der Waals surface area contributed by atoms with Gasteiger partial charge in [0.25, 0.3) is 0 Å². The number of anilines is 1. The van der Waals surface area contributed by atoms with Crippen molar-refractivity contribution in [3.8, 4) is 0 Å². The first-order valence-corrected chi connectivity index (χ1v) is 7.23. The van der Waals surface area contributed by atoms with E-state index in [2.05, 4.69) is 15.8 Å². The summed E-state index contributed by atoms with van der Waals surface area (Å²) < 4.78 is 4.86. The van der Waals surface area contributed by atoms with E-state index in [-0.39, 0.29) is 24.3 Å². The summed E-state index contributed by atoms with van der Waals surface area (Å²) in [7, 11) is 0. The molecule has 1 aromatic heterocycles. The van der Waals surface area contributed by atoms with Gasteiger partial charge in [-0.25, -0.2) is 0 Å². The molecule has 2 atom stereocenters. The third-order valence-corrected chi connectivity index (χ3v) is 3.81. The van der Waals surface area contributed by atoms with Crippen molar-refractivity contribution in [2.24, 2.45) is 11.8 Å². The zero-order chi connectivity index (χ0) is 15.2. The Kier molecular flexibility index (Phi) is 5.32. The molecule has 1 aromatic rings. The summed E-state index contributed by atoms with van der Waals surface area (Å²) in [5.41, 5.74) is 0. The second kappa shape index (κ2) is 7.21. The smallest absolute Gasteiger partial charge is 0.306 e. The highest BCUT2D eigenvalue weighted by Gasteiger charge is 2.30. The van der Waals surface area contributed by atoms with Crippen molar-refractivity contribution >= 4 is 17.7 Å². The minimum atomic E-state index is -0.732. The molecule has 0 spiro atoms. The van der Waals surface area contributed by atoms with Gasteiger partial charge in [-0.05, 0) is 32.2 Å². The van der Waals surface area contributed by atoms with Crippen molar-refractivity contribution in [3.05, 3.63) is 11.8 Å². The van der Waals surface area contributed by atoms with E-state index in [9.17, 15) is 14.7 Å². The van der Waals surface area contributed by atoms with Crippen molar-refractivity contribution in [1.82, 2.24) is 10.5 Å². The van der Waals surface area contributed by atoms with Crippen molar-refractivity contribution in [2.45, 2.75) is 32.6 Å². The number of carbonyl (C=O) groups is 2. The van der Waals surface area contributed by atoms with Crippen LogP contribution in [0.2, 0.25) is 0 Å². The van der Waals surface area contributed by atoms with Gasteiger partial charge in [0.15, 0.2) is 5.82 Å². The largest absolute Gasteiger partial charge is 0.481 e. The summed E-state index contributed by atoms with van der Waals surface area (Å²) in [5.74, 6) is -0.133. The fourth-order valence-electron chi connectivity index (χ4n) is 2.76. The number of carboxylic acids is 1. The van der Waals surface area contributed by atoms with Crippen LogP contribution in [0.25, 0.3) is 0 Å². The predicted molar refractivity (Wildman–Crippen MR) is 75.8 cm³/mol. The second-order valence-electron chi connectivity index (χ2n) is 5.49. The zero-order valence-electron chi connectivity index (χ0n) is 12.1. The number of aryl methyl sites for hydroxylation is 1. The molecule has 0 radical (unpaired) electrons. The van der Waals surface area contributed by atoms with Gasteiger partial charge in [-0.15, -0.1) is 0 Å². The van der Waals surface area contributed by atoms with Gasteiger partial charge in [0, 0.05) is 6.07 Å². The average Bonchev–Trinajstić information content (AvgIpc) is 2.84. The van der Waals surface area contributed by atoms with E-state index in [4.69, 9.17) is 4.52 Å². The lowest BCUT2D eigenvalue weighted by molar-refractivity contribution is -0.144.